The molecule has 14 heavy (non-hydrogen) atoms. The van der Waals surface area contributed by atoms with Gasteiger partial charge in [-0.1, -0.05) is 31.2 Å². The van der Waals surface area contributed by atoms with E-state index in [-0.39, 0.29) is 11.8 Å². The molecule has 0 saturated heterocycles. The number of rotatable bonds is 3. The summed E-state index contributed by atoms with van der Waals surface area (Å²) < 4.78 is 0. The minimum Gasteiger partial charge on any atom is -0.356 e. The Hall–Kier alpha value is -1.31. The smallest absolute Gasteiger partial charge is 0.227 e. The van der Waals surface area contributed by atoms with Crippen LogP contribution in [0.25, 0.3) is 0 Å². The van der Waals surface area contributed by atoms with Crippen molar-refractivity contribution in [2.75, 3.05) is 6.54 Å². The van der Waals surface area contributed by atoms with Crippen molar-refractivity contribution in [3.05, 3.63) is 35.4 Å². The second-order valence-electron chi connectivity index (χ2n) is 3.75. The van der Waals surface area contributed by atoms with Crippen molar-refractivity contribution < 1.29 is 4.79 Å². The van der Waals surface area contributed by atoms with Gasteiger partial charge in [0.05, 0.1) is 5.92 Å². The third-order valence-electron chi connectivity index (χ3n) is 2.72. The molecule has 1 unspecified atom stereocenters. The van der Waals surface area contributed by atoms with Crippen molar-refractivity contribution in [2.45, 2.75) is 25.7 Å². The number of benzene rings is 1. The van der Waals surface area contributed by atoms with Crippen LogP contribution < -0.4 is 5.32 Å². The lowest BCUT2D eigenvalue weighted by molar-refractivity contribution is -0.123. The number of carbonyl (C=O) groups is 1. The van der Waals surface area contributed by atoms with Gasteiger partial charge in [-0.25, -0.2) is 0 Å². The molecular weight excluding hydrogens is 174 g/mol. The Kier molecular flexibility index (Phi) is 2.53. The summed E-state index contributed by atoms with van der Waals surface area (Å²) >= 11 is 0. The molecule has 74 valence electrons. The predicted octanol–water partition coefficient (Wildman–Crippen LogP) is 1.85. The maximum atomic E-state index is 11.6. The molecule has 0 radical (unpaired) electrons. The van der Waals surface area contributed by atoms with Crippen molar-refractivity contribution in [1.29, 1.82) is 0 Å². The first-order valence-corrected chi connectivity index (χ1v) is 5.18. The lowest BCUT2D eigenvalue weighted by Gasteiger charge is -2.28. The Morgan fingerprint density at radius 2 is 2.29 bits per heavy atom. The normalized spacial score (nSPS) is 18.2. The minimum atomic E-state index is 0.109. The second-order valence-corrected chi connectivity index (χ2v) is 3.75. The van der Waals surface area contributed by atoms with Gasteiger partial charge in [0.1, 0.15) is 0 Å². The molecule has 2 heteroatoms. The highest BCUT2D eigenvalue weighted by Crippen LogP contribution is 2.34. The average Bonchev–Trinajstić information content (AvgIpc) is 2.17. The van der Waals surface area contributed by atoms with Gasteiger partial charge in [-0.15, -0.1) is 0 Å². The van der Waals surface area contributed by atoms with E-state index < -0.39 is 0 Å². The summed E-state index contributed by atoms with van der Waals surface area (Å²) in [6.07, 6.45) is 1.91. The van der Waals surface area contributed by atoms with Gasteiger partial charge in [0.2, 0.25) is 5.91 Å². The standard InChI is InChI=1S/C12H15NO/c1-2-7-13-12(14)11-8-9-5-3-4-6-10(9)11/h3-6,11H,2,7-8H2,1H3,(H,13,14). The van der Waals surface area contributed by atoms with Gasteiger partial charge in [-0.2, -0.15) is 0 Å². The first-order valence-electron chi connectivity index (χ1n) is 5.18. The average molecular weight is 189 g/mol. The number of carbonyl (C=O) groups excluding carboxylic acids is 1. The van der Waals surface area contributed by atoms with Crippen LogP contribution in [0.3, 0.4) is 0 Å². The van der Waals surface area contributed by atoms with Crippen molar-refractivity contribution in [2.24, 2.45) is 0 Å². The first-order chi connectivity index (χ1) is 6.83. The van der Waals surface area contributed by atoms with Crippen LogP contribution >= 0.6 is 0 Å². The minimum absolute atomic E-state index is 0.109. The van der Waals surface area contributed by atoms with Crippen molar-refractivity contribution in [3.63, 3.8) is 0 Å². The molecule has 2 rings (SSSR count). The highest BCUT2D eigenvalue weighted by Gasteiger charge is 2.31. The predicted molar refractivity (Wildman–Crippen MR) is 56.2 cm³/mol. The third-order valence-corrected chi connectivity index (χ3v) is 2.72. The molecule has 0 fully saturated rings. The molecule has 0 spiro atoms. The van der Waals surface area contributed by atoms with Crippen LogP contribution in [0, 0.1) is 0 Å². The molecule has 1 amide bonds. The van der Waals surface area contributed by atoms with Gasteiger partial charge >= 0.3 is 0 Å². The third kappa shape index (κ3) is 1.52. The highest BCUT2D eigenvalue weighted by atomic mass is 16.1. The van der Waals surface area contributed by atoms with E-state index >= 15 is 0 Å². The van der Waals surface area contributed by atoms with Crippen LogP contribution in [0.4, 0.5) is 0 Å². The van der Waals surface area contributed by atoms with Crippen LogP contribution in [0.15, 0.2) is 24.3 Å². The maximum Gasteiger partial charge on any atom is 0.227 e. The molecule has 0 aliphatic heterocycles. The van der Waals surface area contributed by atoms with E-state index in [2.05, 4.69) is 24.4 Å². The fourth-order valence-electron chi connectivity index (χ4n) is 1.86. The van der Waals surface area contributed by atoms with E-state index in [1.165, 1.54) is 11.1 Å². The maximum absolute atomic E-state index is 11.6. The number of amides is 1. The molecule has 1 aromatic rings. The molecule has 1 aliphatic rings. The van der Waals surface area contributed by atoms with Crippen LogP contribution in [0.5, 0.6) is 0 Å². The Morgan fingerprint density at radius 1 is 1.50 bits per heavy atom. The monoisotopic (exact) mass is 189 g/mol. The molecule has 0 saturated carbocycles. The van der Waals surface area contributed by atoms with Crippen LogP contribution in [-0.4, -0.2) is 12.5 Å². The van der Waals surface area contributed by atoms with E-state index in [4.69, 9.17) is 0 Å². The fraction of sp³-hybridized carbons (Fsp3) is 0.417. The van der Waals surface area contributed by atoms with E-state index in [9.17, 15) is 4.79 Å². The summed E-state index contributed by atoms with van der Waals surface area (Å²) in [6, 6.07) is 8.17. The molecule has 2 nitrogen and oxygen atoms in total. The number of hydrogen-bond acceptors (Lipinski definition) is 1. The van der Waals surface area contributed by atoms with E-state index in [0.717, 1.165) is 19.4 Å². The lowest BCUT2D eigenvalue weighted by Crippen LogP contribution is -2.35. The zero-order valence-corrected chi connectivity index (χ0v) is 8.42. The van der Waals surface area contributed by atoms with E-state index in [1.54, 1.807) is 0 Å². The van der Waals surface area contributed by atoms with Crippen LogP contribution in [-0.2, 0) is 11.2 Å². The number of fused-ring (bicyclic) bond motifs is 1. The van der Waals surface area contributed by atoms with Crippen LogP contribution in [0.2, 0.25) is 0 Å². The van der Waals surface area contributed by atoms with Crippen molar-refractivity contribution in [1.82, 2.24) is 5.32 Å². The van der Waals surface area contributed by atoms with E-state index in [0.29, 0.717) is 0 Å². The topological polar surface area (TPSA) is 29.1 Å². The SMILES string of the molecule is CCCNC(=O)C1Cc2ccccc21. The molecule has 1 aliphatic carbocycles. The Bertz CT molecular complexity index is 346. The molecule has 0 bridgehead atoms. The molecule has 0 aromatic heterocycles. The summed E-state index contributed by atoms with van der Waals surface area (Å²) in [7, 11) is 0. The van der Waals surface area contributed by atoms with Crippen molar-refractivity contribution >= 4 is 5.91 Å². The fourth-order valence-corrected chi connectivity index (χ4v) is 1.86. The zero-order valence-electron chi connectivity index (χ0n) is 8.42. The first kappa shape index (κ1) is 9.25. The Labute approximate surface area is 84.3 Å². The van der Waals surface area contributed by atoms with Crippen molar-refractivity contribution in [3.8, 4) is 0 Å². The lowest BCUT2D eigenvalue weighted by atomic mass is 9.77. The molecule has 0 heterocycles. The summed E-state index contributed by atoms with van der Waals surface area (Å²) in [6.45, 7) is 2.85. The van der Waals surface area contributed by atoms with Gasteiger partial charge in [-0.3, -0.25) is 4.79 Å². The summed E-state index contributed by atoms with van der Waals surface area (Å²) in [4.78, 5) is 11.6. The van der Waals surface area contributed by atoms with Crippen LogP contribution in [0.1, 0.15) is 30.4 Å². The summed E-state index contributed by atoms with van der Waals surface area (Å²) in [5.74, 6) is 0.295. The van der Waals surface area contributed by atoms with Gasteiger partial charge in [-0.05, 0) is 24.0 Å². The molecule has 1 atom stereocenters. The van der Waals surface area contributed by atoms with E-state index in [1.807, 2.05) is 12.1 Å². The quantitative estimate of drug-likeness (QED) is 0.772. The number of hydrogen-bond donors (Lipinski definition) is 1. The van der Waals surface area contributed by atoms with Gasteiger partial charge in [0, 0.05) is 6.54 Å². The second kappa shape index (κ2) is 3.82. The Balaban J connectivity index is 2.01. The van der Waals surface area contributed by atoms with Gasteiger partial charge < -0.3 is 5.32 Å². The van der Waals surface area contributed by atoms with Gasteiger partial charge in [0.15, 0.2) is 0 Å². The summed E-state index contributed by atoms with van der Waals surface area (Å²) in [5.41, 5.74) is 2.53. The van der Waals surface area contributed by atoms with Gasteiger partial charge in [0.25, 0.3) is 0 Å². The highest BCUT2D eigenvalue weighted by molar-refractivity contribution is 5.86. The molecule has 1 aromatic carbocycles. The summed E-state index contributed by atoms with van der Waals surface area (Å²) in [5, 5.41) is 2.94. The molecular formula is C12H15NO. The largest absolute Gasteiger partial charge is 0.356 e. The zero-order chi connectivity index (χ0) is 9.97. The Morgan fingerprint density at radius 3 is 3.00 bits per heavy atom. The molecule has 1 N–H and O–H groups in total. The number of nitrogens with one attached hydrogen (secondary N) is 1.